The number of sulfonamides is 1. The summed E-state index contributed by atoms with van der Waals surface area (Å²) in [5.41, 5.74) is 3.75. The van der Waals surface area contributed by atoms with Crippen molar-refractivity contribution in [3.63, 3.8) is 0 Å². The maximum Gasteiger partial charge on any atom is 0.243 e. The molecule has 0 saturated carbocycles. The van der Waals surface area contributed by atoms with Crippen molar-refractivity contribution in [1.82, 2.24) is 14.3 Å². The summed E-state index contributed by atoms with van der Waals surface area (Å²) in [6, 6.07) is 5.48. The van der Waals surface area contributed by atoms with Gasteiger partial charge in [-0.1, -0.05) is 17.7 Å². The van der Waals surface area contributed by atoms with Crippen molar-refractivity contribution >= 4 is 16.0 Å². The summed E-state index contributed by atoms with van der Waals surface area (Å²) in [6.45, 7) is 6.63. The minimum Gasteiger partial charge on any atom is -0.341 e. The first kappa shape index (κ1) is 18.4. The first-order chi connectivity index (χ1) is 12.9. The van der Waals surface area contributed by atoms with Crippen LogP contribution in [0.15, 0.2) is 29.3 Å². The summed E-state index contributed by atoms with van der Waals surface area (Å²) in [5, 5.41) is 0. The van der Waals surface area contributed by atoms with Gasteiger partial charge in [-0.2, -0.15) is 4.31 Å². The second-order valence-corrected chi connectivity index (χ2v) is 9.45. The molecular formula is C20H26N4O2S. The lowest BCUT2D eigenvalue weighted by Crippen LogP contribution is -2.37. The highest BCUT2D eigenvalue weighted by molar-refractivity contribution is 7.89. The molecule has 0 unspecified atom stereocenters. The third-order valence-electron chi connectivity index (χ3n) is 5.47. The zero-order valence-corrected chi connectivity index (χ0v) is 16.8. The molecule has 0 aliphatic carbocycles. The fourth-order valence-electron chi connectivity index (χ4n) is 3.96. The SMILES string of the molecule is Cc1ccc(S(=O)(=O)N2CCc3nc(N4CCCCC4)ncc3C2)c(C)c1. The summed E-state index contributed by atoms with van der Waals surface area (Å²) in [6.07, 6.45) is 6.08. The minimum absolute atomic E-state index is 0.339. The fraction of sp³-hybridized carbons (Fsp3) is 0.500. The van der Waals surface area contributed by atoms with E-state index in [1.165, 1.54) is 19.3 Å². The van der Waals surface area contributed by atoms with Gasteiger partial charge in [-0.3, -0.25) is 0 Å². The molecule has 27 heavy (non-hydrogen) atoms. The highest BCUT2D eigenvalue weighted by Gasteiger charge is 2.30. The molecule has 0 N–H and O–H groups in total. The Labute approximate surface area is 161 Å². The molecule has 0 atom stereocenters. The molecule has 0 bridgehead atoms. The number of aryl methyl sites for hydroxylation is 2. The first-order valence-electron chi connectivity index (χ1n) is 9.62. The Bertz CT molecular complexity index is 952. The topological polar surface area (TPSA) is 66.4 Å². The van der Waals surface area contributed by atoms with Crippen LogP contribution in [0.3, 0.4) is 0 Å². The van der Waals surface area contributed by atoms with E-state index in [9.17, 15) is 8.42 Å². The van der Waals surface area contributed by atoms with Crippen LogP contribution in [0.1, 0.15) is 41.6 Å². The molecular weight excluding hydrogens is 360 g/mol. The largest absolute Gasteiger partial charge is 0.341 e. The van der Waals surface area contributed by atoms with Crippen LogP contribution in [0.25, 0.3) is 0 Å². The number of aromatic nitrogens is 2. The van der Waals surface area contributed by atoms with Gasteiger partial charge >= 0.3 is 0 Å². The predicted octanol–water partition coefficient (Wildman–Crippen LogP) is 2.83. The number of nitrogens with zero attached hydrogens (tertiary/aromatic N) is 4. The smallest absolute Gasteiger partial charge is 0.243 e. The van der Waals surface area contributed by atoms with E-state index in [4.69, 9.17) is 4.98 Å². The molecule has 0 spiro atoms. The second kappa shape index (κ2) is 7.20. The highest BCUT2D eigenvalue weighted by Crippen LogP contribution is 2.27. The number of hydrogen-bond acceptors (Lipinski definition) is 5. The van der Waals surface area contributed by atoms with E-state index in [1.807, 2.05) is 32.2 Å². The number of hydrogen-bond donors (Lipinski definition) is 0. The van der Waals surface area contributed by atoms with Crippen LogP contribution in [0, 0.1) is 13.8 Å². The van der Waals surface area contributed by atoms with Crippen LogP contribution in [-0.4, -0.2) is 42.3 Å². The lowest BCUT2D eigenvalue weighted by Gasteiger charge is -2.30. The van der Waals surface area contributed by atoms with E-state index >= 15 is 0 Å². The van der Waals surface area contributed by atoms with Crippen molar-refractivity contribution in [2.45, 2.75) is 51.0 Å². The average molecular weight is 387 g/mol. The van der Waals surface area contributed by atoms with E-state index in [0.29, 0.717) is 24.4 Å². The molecule has 6 nitrogen and oxygen atoms in total. The Balaban J connectivity index is 1.57. The van der Waals surface area contributed by atoms with Gasteiger partial charge in [-0.05, 0) is 44.7 Å². The second-order valence-electron chi connectivity index (χ2n) is 7.55. The maximum absolute atomic E-state index is 13.1. The van der Waals surface area contributed by atoms with E-state index in [2.05, 4.69) is 9.88 Å². The van der Waals surface area contributed by atoms with Crippen LogP contribution in [0.5, 0.6) is 0 Å². The summed E-state index contributed by atoms with van der Waals surface area (Å²) in [5.74, 6) is 0.791. The third-order valence-corrected chi connectivity index (χ3v) is 7.48. The molecule has 7 heteroatoms. The van der Waals surface area contributed by atoms with Gasteiger partial charge in [0.25, 0.3) is 0 Å². The molecule has 1 fully saturated rings. The van der Waals surface area contributed by atoms with Crippen LogP contribution in [0.4, 0.5) is 5.95 Å². The number of rotatable bonds is 3. The van der Waals surface area contributed by atoms with Crippen LogP contribution >= 0.6 is 0 Å². The normalized spacial score (nSPS) is 18.4. The molecule has 1 aromatic heterocycles. The van der Waals surface area contributed by atoms with Gasteiger partial charge in [-0.25, -0.2) is 18.4 Å². The number of fused-ring (bicyclic) bond motifs is 1. The van der Waals surface area contributed by atoms with Gasteiger partial charge in [0.2, 0.25) is 16.0 Å². The van der Waals surface area contributed by atoms with Crippen LogP contribution in [0.2, 0.25) is 0 Å². The molecule has 2 aliphatic rings. The van der Waals surface area contributed by atoms with Gasteiger partial charge in [0.15, 0.2) is 0 Å². The Kier molecular flexibility index (Phi) is 4.90. The Morgan fingerprint density at radius 3 is 2.56 bits per heavy atom. The number of benzene rings is 1. The Morgan fingerprint density at radius 1 is 1.04 bits per heavy atom. The van der Waals surface area contributed by atoms with Crippen molar-refractivity contribution in [3.8, 4) is 0 Å². The van der Waals surface area contributed by atoms with E-state index in [0.717, 1.165) is 41.4 Å². The van der Waals surface area contributed by atoms with Gasteiger partial charge in [0, 0.05) is 44.4 Å². The minimum atomic E-state index is -3.52. The summed E-state index contributed by atoms with van der Waals surface area (Å²) >= 11 is 0. The van der Waals surface area contributed by atoms with E-state index in [-0.39, 0.29) is 0 Å². The highest BCUT2D eigenvalue weighted by atomic mass is 32.2. The average Bonchev–Trinajstić information content (AvgIpc) is 2.67. The molecule has 0 amide bonds. The summed E-state index contributed by atoms with van der Waals surface area (Å²) < 4.78 is 27.8. The molecule has 144 valence electrons. The van der Waals surface area contributed by atoms with Crippen molar-refractivity contribution in [3.05, 3.63) is 46.8 Å². The van der Waals surface area contributed by atoms with Gasteiger partial charge in [-0.15, -0.1) is 0 Å². The molecule has 4 rings (SSSR count). The zero-order chi connectivity index (χ0) is 19.0. The van der Waals surface area contributed by atoms with Gasteiger partial charge in [0.05, 0.1) is 10.6 Å². The van der Waals surface area contributed by atoms with Gasteiger partial charge < -0.3 is 4.90 Å². The predicted molar refractivity (Wildman–Crippen MR) is 105 cm³/mol. The Hall–Kier alpha value is -1.99. The van der Waals surface area contributed by atoms with Crippen molar-refractivity contribution in [2.24, 2.45) is 0 Å². The molecule has 1 saturated heterocycles. The van der Waals surface area contributed by atoms with Crippen molar-refractivity contribution in [2.75, 3.05) is 24.5 Å². The number of piperidine rings is 1. The molecule has 3 heterocycles. The van der Waals surface area contributed by atoms with Crippen molar-refractivity contribution < 1.29 is 8.42 Å². The standard InChI is InChI=1S/C20H26N4O2S/c1-15-6-7-19(16(2)12-15)27(25,26)24-11-8-18-17(14-24)13-21-20(22-18)23-9-4-3-5-10-23/h6-7,12-13H,3-5,8-11,14H2,1-2H3. The summed E-state index contributed by atoms with van der Waals surface area (Å²) in [7, 11) is -3.52. The van der Waals surface area contributed by atoms with Crippen LogP contribution in [-0.2, 0) is 23.0 Å². The van der Waals surface area contributed by atoms with Crippen LogP contribution < -0.4 is 4.90 Å². The molecule has 1 aromatic carbocycles. The molecule has 0 radical (unpaired) electrons. The zero-order valence-electron chi connectivity index (χ0n) is 16.0. The monoisotopic (exact) mass is 386 g/mol. The van der Waals surface area contributed by atoms with Crippen molar-refractivity contribution in [1.29, 1.82) is 0 Å². The lowest BCUT2D eigenvalue weighted by atomic mass is 10.1. The fourth-order valence-corrected chi connectivity index (χ4v) is 5.58. The Morgan fingerprint density at radius 2 is 1.81 bits per heavy atom. The lowest BCUT2D eigenvalue weighted by molar-refractivity contribution is 0.386. The van der Waals surface area contributed by atoms with E-state index < -0.39 is 10.0 Å². The maximum atomic E-state index is 13.1. The first-order valence-corrected chi connectivity index (χ1v) is 11.1. The number of anilines is 1. The summed E-state index contributed by atoms with van der Waals surface area (Å²) in [4.78, 5) is 11.9. The third kappa shape index (κ3) is 3.58. The quantitative estimate of drug-likeness (QED) is 0.811. The van der Waals surface area contributed by atoms with E-state index in [1.54, 1.807) is 10.4 Å². The molecule has 2 aliphatic heterocycles. The van der Waals surface area contributed by atoms with Gasteiger partial charge in [0.1, 0.15) is 0 Å². The molecule has 2 aromatic rings.